The van der Waals surface area contributed by atoms with Crippen LogP contribution in [0.4, 0.5) is 0 Å². The van der Waals surface area contributed by atoms with Crippen molar-refractivity contribution in [1.82, 2.24) is 10.2 Å². The molecule has 2 unspecified atom stereocenters. The van der Waals surface area contributed by atoms with Crippen LogP contribution in [-0.4, -0.2) is 62.4 Å². The van der Waals surface area contributed by atoms with Crippen molar-refractivity contribution in [2.75, 3.05) is 39.4 Å². The molecule has 1 N–H and O–H groups in total. The topological polar surface area (TPSA) is 50.8 Å². The lowest BCUT2D eigenvalue weighted by Gasteiger charge is -2.31. The Balaban J connectivity index is 1.62. The maximum atomic E-state index is 12.9. The molecule has 0 radical (unpaired) electrons. The zero-order valence-electron chi connectivity index (χ0n) is 13.1. The van der Waals surface area contributed by atoms with Gasteiger partial charge in [-0.3, -0.25) is 4.79 Å². The number of nitrogens with one attached hydrogen (secondary N) is 1. The maximum absolute atomic E-state index is 12.9. The lowest BCUT2D eigenvalue weighted by Crippen LogP contribution is -2.46. The van der Waals surface area contributed by atoms with E-state index in [-0.39, 0.29) is 18.1 Å². The van der Waals surface area contributed by atoms with Crippen molar-refractivity contribution >= 4 is 5.91 Å². The lowest BCUT2D eigenvalue weighted by atomic mass is 9.96. The largest absolute Gasteiger partial charge is 0.376 e. The van der Waals surface area contributed by atoms with E-state index in [2.05, 4.69) is 12.2 Å². The molecule has 3 saturated heterocycles. The lowest BCUT2D eigenvalue weighted by molar-refractivity contribution is -0.139. The molecule has 0 aromatic heterocycles. The Bertz CT molecular complexity index is 333. The first-order valence-corrected chi connectivity index (χ1v) is 8.46. The Kier molecular flexibility index (Phi) is 5.14. The summed E-state index contributed by atoms with van der Waals surface area (Å²) in [6, 6.07) is 0. The normalized spacial score (nSPS) is 36.2. The van der Waals surface area contributed by atoms with Crippen LogP contribution < -0.4 is 5.32 Å². The fraction of sp³-hybridized carbons (Fsp3) is 0.938. The van der Waals surface area contributed by atoms with Crippen molar-refractivity contribution < 1.29 is 14.3 Å². The van der Waals surface area contributed by atoms with Gasteiger partial charge in [0, 0.05) is 32.8 Å². The molecule has 120 valence electrons. The van der Waals surface area contributed by atoms with Gasteiger partial charge >= 0.3 is 0 Å². The Morgan fingerprint density at radius 3 is 2.14 bits per heavy atom. The zero-order valence-corrected chi connectivity index (χ0v) is 13.1. The number of hydrogen-bond donors (Lipinski definition) is 1. The standard InChI is InChI=1S/C16H28N2O3/c1-12-8-17-9-15(12)16(19)18(10-13-4-2-6-20-13)11-14-5-3-7-21-14/h12-15,17H,2-11H2,1H3/t12-,13?,14?,15-/m1/s1. The summed E-state index contributed by atoms with van der Waals surface area (Å²) in [5.41, 5.74) is 0. The minimum absolute atomic E-state index is 0.118. The predicted molar refractivity (Wildman–Crippen MR) is 80.1 cm³/mol. The molecule has 3 fully saturated rings. The fourth-order valence-corrected chi connectivity index (χ4v) is 3.70. The number of nitrogens with zero attached hydrogens (tertiary/aromatic N) is 1. The summed E-state index contributed by atoms with van der Waals surface area (Å²) < 4.78 is 11.5. The third-order valence-electron chi connectivity index (χ3n) is 5.04. The molecule has 5 heteroatoms. The highest BCUT2D eigenvalue weighted by Gasteiger charge is 2.35. The van der Waals surface area contributed by atoms with Crippen LogP contribution in [0.25, 0.3) is 0 Å². The first kappa shape index (κ1) is 15.3. The average molecular weight is 296 g/mol. The minimum Gasteiger partial charge on any atom is -0.376 e. The summed E-state index contributed by atoms with van der Waals surface area (Å²) in [6.07, 6.45) is 4.84. The van der Waals surface area contributed by atoms with Crippen molar-refractivity contribution in [3.8, 4) is 0 Å². The predicted octanol–water partition coefficient (Wildman–Crippen LogP) is 1.03. The van der Waals surface area contributed by atoms with Gasteiger partial charge in [0.25, 0.3) is 0 Å². The molecule has 4 atom stereocenters. The molecule has 1 amide bonds. The molecule has 0 bridgehead atoms. The van der Waals surface area contributed by atoms with E-state index in [1.54, 1.807) is 0 Å². The van der Waals surface area contributed by atoms with Crippen LogP contribution in [0.1, 0.15) is 32.6 Å². The van der Waals surface area contributed by atoms with Gasteiger partial charge in [0.1, 0.15) is 0 Å². The van der Waals surface area contributed by atoms with E-state index in [0.29, 0.717) is 11.8 Å². The third-order valence-corrected chi connectivity index (χ3v) is 5.04. The Labute approximate surface area is 127 Å². The van der Waals surface area contributed by atoms with E-state index in [1.807, 2.05) is 4.90 Å². The van der Waals surface area contributed by atoms with Gasteiger partial charge in [-0.2, -0.15) is 0 Å². The summed E-state index contributed by atoms with van der Waals surface area (Å²) in [4.78, 5) is 14.9. The van der Waals surface area contributed by atoms with Crippen molar-refractivity contribution in [2.24, 2.45) is 11.8 Å². The van der Waals surface area contributed by atoms with Crippen LogP contribution in [0.5, 0.6) is 0 Å². The number of amides is 1. The molecule has 3 aliphatic heterocycles. The summed E-state index contributed by atoms with van der Waals surface area (Å²) >= 11 is 0. The fourth-order valence-electron chi connectivity index (χ4n) is 3.70. The molecule has 5 nitrogen and oxygen atoms in total. The van der Waals surface area contributed by atoms with E-state index in [4.69, 9.17) is 9.47 Å². The highest BCUT2D eigenvalue weighted by molar-refractivity contribution is 5.79. The summed E-state index contributed by atoms with van der Waals surface area (Å²) in [6.45, 7) is 7.09. The van der Waals surface area contributed by atoms with Gasteiger partial charge in [-0.05, 0) is 38.1 Å². The number of carbonyl (C=O) groups is 1. The minimum atomic E-state index is 0.118. The summed E-state index contributed by atoms with van der Waals surface area (Å²) in [5.74, 6) is 0.834. The number of rotatable bonds is 5. The average Bonchev–Trinajstić information content (AvgIpc) is 3.19. The molecule has 0 spiro atoms. The van der Waals surface area contributed by atoms with Crippen LogP contribution in [0.15, 0.2) is 0 Å². The first-order valence-electron chi connectivity index (χ1n) is 8.46. The third kappa shape index (κ3) is 3.76. The SMILES string of the molecule is C[C@@H]1CNC[C@H]1C(=O)N(CC1CCCO1)CC1CCCO1. The van der Waals surface area contributed by atoms with Gasteiger partial charge in [-0.1, -0.05) is 6.92 Å². The summed E-state index contributed by atoms with van der Waals surface area (Å²) in [5, 5.41) is 3.34. The quantitative estimate of drug-likeness (QED) is 0.823. The van der Waals surface area contributed by atoms with Gasteiger partial charge in [-0.25, -0.2) is 0 Å². The molecular weight excluding hydrogens is 268 g/mol. The number of carbonyl (C=O) groups excluding carboxylic acids is 1. The van der Waals surface area contributed by atoms with E-state index in [1.165, 1.54) is 0 Å². The molecule has 0 aromatic rings. The van der Waals surface area contributed by atoms with E-state index >= 15 is 0 Å². The number of hydrogen-bond acceptors (Lipinski definition) is 4. The van der Waals surface area contributed by atoms with Gasteiger partial charge in [0.2, 0.25) is 5.91 Å². The van der Waals surface area contributed by atoms with Gasteiger partial charge < -0.3 is 19.7 Å². The van der Waals surface area contributed by atoms with Crippen molar-refractivity contribution in [1.29, 1.82) is 0 Å². The van der Waals surface area contributed by atoms with Crippen molar-refractivity contribution in [3.63, 3.8) is 0 Å². The van der Waals surface area contributed by atoms with Crippen LogP contribution in [0, 0.1) is 11.8 Å². The Morgan fingerprint density at radius 2 is 1.71 bits per heavy atom. The smallest absolute Gasteiger partial charge is 0.227 e. The second-order valence-electron chi connectivity index (χ2n) is 6.76. The summed E-state index contributed by atoms with van der Waals surface area (Å²) in [7, 11) is 0. The maximum Gasteiger partial charge on any atom is 0.227 e. The van der Waals surface area contributed by atoms with Crippen LogP contribution in [0.2, 0.25) is 0 Å². The second kappa shape index (κ2) is 7.07. The molecular formula is C16H28N2O3. The first-order chi connectivity index (χ1) is 10.2. The molecule has 3 rings (SSSR count). The monoisotopic (exact) mass is 296 g/mol. The van der Waals surface area contributed by atoms with Crippen LogP contribution in [-0.2, 0) is 14.3 Å². The van der Waals surface area contributed by atoms with Crippen LogP contribution >= 0.6 is 0 Å². The molecule has 0 saturated carbocycles. The highest BCUT2D eigenvalue weighted by atomic mass is 16.5. The molecule has 21 heavy (non-hydrogen) atoms. The molecule has 0 aliphatic carbocycles. The van der Waals surface area contributed by atoms with Crippen LogP contribution in [0.3, 0.4) is 0 Å². The van der Waals surface area contributed by atoms with Gasteiger partial charge in [0.05, 0.1) is 18.1 Å². The van der Waals surface area contributed by atoms with E-state index < -0.39 is 0 Å². The van der Waals surface area contributed by atoms with Gasteiger partial charge in [0.15, 0.2) is 0 Å². The second-order valence-corrected chi connectivity index (χ2v) is 6.76. The highest BCUT2D eigenvalue weighted by Crippen LogP contribution is 2.23. The zero-order chi connectivity index (χ0) is 14.7. The van der Waals surface area contributed by atoms with E-state index in [9.17, 15) is 4.79 Å². The molecule has 3 heterocycles. The van der Waals surface area contributed by atoms with Gasteiger partial charge in [-0.15, -0.1) is 0 Å². The van der Waals surface area contributed by atoms with Crippen molar-refractivity contribution in [3.05, 3.63) is 0 Å². The number of ether oxygens (including phenoxy) is 2. The van der Waals surface area contributed by atoms with E-state index in [0.717, 1.165) is 65.1 Å². The Hall–Kier alpha value is -0.650. The molecule has 0 aromatic carbocycles. The molecule has 3 aliphatic rings. The van der Waals surface area contributed by atoms with Crippen molar-refractivity contribution in [2.45, 2.75) is 44.8 Å². The Morgan fingerprint density at radius 1 is 1.10 bits per heavy atom.